The minimum absolute atomic E-state index is 0.136. The van der Waals surface area contributed by atoms with Crippen molar-refractivity contribution < 1.29 is 12.8 Å². The Balaban J connectivity index is 2.03. The number of fused-ring (bicyclic) bond motifs is 1. The molecule has 7 heteroatoms. The topological polar surface area (TPSA) is 102 Å². The molecule has 0 aliphatic rings. The SMILES string of the molecule is NS(=O)(=O)Nc1ccc(-c2cc(=O)c3ccccc3o2)cc1. The molecule has 0 unspecified atom stereocenters. The number of rotatable bonds is 3. The molecule has 3 N–H and O–H groups in total. The van der Waals surface area contributed by atoms with Gasteiger partial charge >= 0.3 is 0 Å². The number of hydrogen-bond acceptors (Lipinski definition) is 4. The van der Waals surface area contributed by atoms with Gasteiger partial charge in [0.1, 0.15) is 11.3 Å². The van der Waals surface area contributed by atoms with E-state index in [1.54, 1.807) is 36.4 Å². The van der Waals surface area contributed by atoms with E-state index in [1.165, 1.54) is 18.2 Å². The van der Waals surface area contributed by atoms with Crippen LogP contribution >= 0.6 is 0 Å². The van der Waals surface area contributed by atoms with Gasteiger partial charge in [-0.3, -0.25) is 9.52 Å². The Bertz CT molecular complexity index is 992. The monoisotopic (exact) mass is 316 g/mol. The number of anilines is 1. The Morgan fingerprint density at radius 1 is 1.00 bits per heavy atom. The van der Waals surface area contributed by atoms with Gasteiger partial charge in [0.05, 0.1) is 5.39 Å². The zero-order valence-corrected chi connectivity index (χ0v) is 12.1. The average Bonchev–Trinajstić information content (AvgIpc) is 2.46. The fourth-order valence-corrected chi connectivity index (χ4v) is 2.58. The predicted octanol–water partition coefficient (Wildman–Crippen LogP) is 2.08. The molecule has 22 heavy (non-hydrogen) atoms. The van der Waals surface area contributed by atoms with Crippen LogP contribution < -0.4 is 15.3 Å². The zero-order valence-electron chi connectivity index (χ0n) is 11.3. The van der Waals surface area contributed by atoms with Gasteiger partial charge in [0.2, 0.25) is 0 Å². The molecular weight excluding hydrogens is 304 g/mol. The molecular formula is C15H12N2O4S. The molecule has 2 aromatic carbocycles. The highest BCUT2D eigenvalue weighted by Gasteiger charge is 2.07. The highest BCUT2D eigenvalue weighted by atomic mass is 32.2. The fourth-order valence-electron chi connectivity index (χ4n) is 2.11. The Labute approximate surface area is 126 Å². The summed E-state index contributed by atoms with van der Waals surface area (Å²) in [6.07, 6.45) is 0. The van der Waals surface area contributed by atoms with Crippen molar-refractivity contribution in [1.29, 1.82) is 0 Å². The molecule has 112 valence electrons. The molecule has 0 spiro atoms. The van der Waals surface area contributed by atoms with Gasteiger partial charge in [-0.2, -0.15) is 8.42 Å². The van der Waals surface area contributed by atoms with Crippen LogP contribution in [-0.2, 0) is 10.2 Å². The molecule has 3 rings (SSSR count). The molecule has 0 amide bonds. The van der Waals surface area contributed by atoms with Gasteiger partial charge in [0.25, 0.3) is 10.2 Å². The largest absolute Gasteiger partial charge is 0.456 e. The lowest BCUT2D eigenvalue weighted by Gasteiger charge is -2.06. The second-order valence-electron chi connectivity index (χ2n) is 4.70. The molecule has 0 fully saturated rings. The van der Waals surface area contributed by atoms with Crippen LogP contribution in [0.2, 0.25) is 0 Å². The molecule has 3 aromatic rings. The Hall–Kier alpha value is -2.64. The fraction of sp³-hybridized carbons (Fsp3) is 0. The van der Waals surface area contributed by atoms with Crippen LogP contribution in [0.3, 0.4) is 0 Å². The Kier molecular flexibility index (Phi) is 3.44. The van der Waals surface area contributed by atoms with Crippen molar-refractivity contribution in [3.05, 3.63) is 64.8 Å². The first-order valence-corrected chi connectivity index (χ1v) is 7.91. The summed E-state index contributed by atoms with van der Waals surface area (Å²) in [6.45, 7) is 0. The quantitative estimate of drug-likeness (QED) is 0.772. The van der Waals surface area contributed by atoms with E-state index in [9.17, 15) is 13.2 Å². The summed E-state index contributed by atoms with van der Waals surface area (Å²) in [5.74, 6) is 0.408. The molecule has 1 aromatic heterocycles. The molecule has 0 aliphatic carbocycles. The van der Waals surface area contributed by atoms with E-state index in [4.69, 9.17) is 9.56 Å². The maximum absolute atomic E-state index is 12.1. The lowest BCUT2D eigenvalue weighted by atomic mass is 10.1. The van der Waals surface area contributed by atoms with Gasteiger partial charge in [0.15, 0.2) is 5.43 Å². The van der Waals surface area contributed by atoms with E-state index >= 15 is 0 Å². The molecule has 1 heterocycles. The average molecular weight is 316 g/mol. The first-order chi connectivity index (χ1) is 10.4. The Morgan fingerprint density at radius 3 is 2.36 bits per heavy atom. The molecule has 0 saturated carbocycles. The van der Waals surface area contributed by atoms with E-state index in [1.807, 2.05) is 0 Å². The number of hydrogen-bond donors (Lipinski definition) is 2. The molecule has 0 atom stereocenters. The number of para-hydroxylation sites is 1. The first-order valence-electron chi connectivity index (χ1n) is 6.36. The van der Waals surface area contributed by atoms with Crippen LogP contribution in [0.5, 0.6) is 0 Å². The lowest BCUT2D eigenvalue weighted by Crippen LogP contribution is -2.21. The summed E-state index contributed by atoms with van der Waals surface area (Å²) in [6, 6.07) is 14.7. The van der Waals surface area contributed by atoms with Crippen molar-refractivity contribution in [3.63, 3.8) is 0 Å². The van der Waals surface area contributed by atoms with Gasteiger partial charge in [0, 0.05) is 17.3 Å². The third-order valence-electron chi connectivity index (χ3n) is 3.06. The molecule has 6 nitrogen and oxygen atoms in total. The summed E-state index contributed by atoms with van der Waals surface area (Å²) in [4.78, 5) is 12.1. The third-order valence-corrected chi connectivity index (χ3v) is 3.58. The van der Waals surface area contributed by atoms with Crippen LogP contribution in [0.4, 0.5) is 5.69 Å². The minimum atomic E-state index is -3.81. The second kappa shape index (κ2) is 5.28. The Morgan fingerprint density at radius 2 is 1.68 bits per heavy atom. The predicted molar refractivity (Wildman–Crippen MR) is 84.6 cm³/mol. The first kappa shape index (κ1) is 14.3. The van der Waals surface area contributed by atoms with Crippen molar-refractivity contribution in [3.8, 4) is 11.3 Å². The highest BCUT2D eigenvalue weighted by molar-refractivity contribution is 7.90. The van der Waals surface area contributed by atoms with Crippen LogP contribution in [0, 0.1) is 0 Å². The summed E-state index contributed by atoms with van der Waals surface area (Å²) in [5, 5.41) is 5.41. The van der Waals surface area contributed by atoms with E-state index in [-0.39, 0.29) is 5.43 Å². The van der Waals surface area contributed by atoms with Crippen LogP contribution in [-0.4, -0.2) is 8.42 Å². The van der Waals surface area contributed by atoms with Crippen LogP contribution in [0.1, 0.15) is 0 Å². The molecule has 0 saturated heterocycles. The normalized spacial score (nSPS) is 11.5. The van der Waals surface area contributed by atoms with Crippen molar-refractivity contribution in [1.82, 2.24) is 0 Å². The van der Waals surface area contributed by atoms with E-state index < -0.39 is 10.2 Å². The van der Waals surface area contributed by atoms with Gasteiger partial charge < -0.3 is 4.42 Å². The number of benzene rings is 2. The highest BCUT2D eigenvalue weighted by Crippen LogP contribution is 2.23. The zero-order chi connectivity index (χ0) is 15.7. The van der Waals surface area contributed by atoms with Gasteiger partial charge in [-0.25, -0.2) is 5.14 Å². The summed E-state index contributed by atoms with van der Waals surface area (Å²) < 4.78 is 29.8. The summed E-state index contributed by atoms with van der Waals surface area (Å²) >= 11 is 0. The molecule has 0 bridgehead atoms. The molecule has 0 aliphatic heterocycles. The minimum Gasteiger partial charge on any atom is -0.456 e. The van der Waals surface area contributed by atoms with Crippen molar-refractivity contribution in [2.24, 2.45) is 5.14 Å². The van der Waals surface area contributed by atoms with E-state index in [2.05, 4.69) is 4.72 Å². The van der Waals surface area contributed by atoms with E-state index in [0.717, 1.165) is 0 Å². The summed E-state index contributed by atoms with van der Waals surface area (Å²) in [5.41, 5.74) is 1.34. The van der Waals surface area contributed by atoms with Gasteiger partial charge in [-0.1, -0.05) is 12.1 Å². The van der Waals surface area contributed by atoms with Gasteiger partial charge in [-0.15, -0.1) is 0 Å². The number of nitrogens with one attached hydrogen (secondary N) is 1. The lowest BCUT2D eigenvalue weighted by molar-refractivity contribution is 0.603. The van der Waals surface area contributed by atoms with Crippen molar-refractivity contribution in [2.45, 2.75) is 0 Å². The standard InChI is InChI=1S/C15H12N2O4S/c16-22(19,20)17-11-7-5-10(6-8-11)15-9-13(18)12-3-1-2-4-14(12)21-15/h1-9,17H,(H2,16,19,20). The van der Waals surface area contributed by atoms with E-state index in [0.29, 0.717) is 28.0 Å². The molecule has 0 radical (unpaired) electrons. The number of nitrogens with two attached hydrogens (primary N) is 1. The second-order valence-corrected chi connectivity index (χ2v) is 5.99. The summed E-state index contributed by atoms with van der Waals surface area (Å²) in [7, 11) is -3.81. The van der Waals surface area contributed by atoms with Crippen LogP contribution in [0.25, 0.3) is 22.3 Å². The van der Waals surface area contributed by atoms with Crippen molar-refractivity contribution in [2.75, 3.05) is 4.72 Å². The maximum Gasteiger partial charge on any atom is 0.296 e. The van der Waals surface area contributed by atoms with Gasteiger partial charge in [-0.05, 0) is 36.4 Å². The van der Waals surface area contributed by atoms with Crippen molar-refractivity contribution >= 4 is 26.9 Å². The maximum atomic E-state index is 12.1. The smallest absolute Gasteiger partial charge is 0.296 e. The third kappa shape index (κ3) is 3.00. The van der Waals surface area contributed by atoms with Crippen LogP contribution in [0.15, 0.2) is 63.8 Å².